The largest absolute Gasteiger partial charge is 0.497 e. The summed E-state index contributed by atoms with van der Waals surface area (Å²) in [5.41, 5.74) is 1.50. The van der Waals surface area contributed by atoms with E-state index in [0.29, 0.717) is 41.1 Å². The number of benzene rings is 2. The smallest absolute Gasteiger partial charge is 0.416 e. The lowest BCUT2D eigenvalue weighted by Crippen LogP contribution is -2.44. The molecule has 12 heteroatoms. The molecule has 1 N–H and O–H groups in total. The van der Waals surface area contributed by atoms with Crippen molar-refractivity contribution in [2.75, 3.05) is 77.9 Å². The van der Waals surface area contributed by atoms with Gasteiger partial charge in [-0.1, -0.05) is 39.8 Å². The van der Waals surface area contributed by atoms with Gasteiger partial charge in [-0.25, -0.2) is 9.78 Å². The van der Waals surface area contributed by atoms with Crippen LogP contribution in [-0.4, -0.2) is 99.7 Å². The molecule has 48 heavy (non-hydrogen) atoms. The van der Waals surface area contributed by atoms with Crippen LogP contribution in [0.15, 0.2) is 48.7 Å². The average molecular weight is 665 g/mol. The second-order valence-electron chi connectivity index (χ2n) is 12.7. The SMILES string of the molecule is COc1cccc(CN(C(=O)OC(C(C)C)C(C)C)c2ccnc(Nc3cc(OC)c(OC)c(OCCCN4CCN(C)CC4)c3)n2)c1. The van der Waals surface area contributed by atoms with Crippen molar-refractivity contribution in [3.63, 3.8) is 0 Å². The summed E-state index contributed by atoms with van der Waals surface area (Å²) >= 11 is 0. The van der Waals surface area contributed by atoms with Crippen LogP contribution in [0.2, 0.25) is 0 Å². The molecule has 12 nitrogen and oxygen atoms in total. The molecule has 0 bridgehead atoms. The van der Waals surface area contributed by atoms with Gasteiger partial charge in [-0.3, -0.25) is 4.90 Å². The zero-order valence-corrected chi connectivity index (χ0v) is 29.7. The molecule has 2 aromatic carbocycles. The summed E-state index contributed by atoms with van der Waals surface area (Å²) in [5, 5.41) is 3.26. The highest BCUT2D eigenvalue weighted by molar-refractivity contribution is 5.86. The highest BCUT2D eigenvalue weighted by Crippen LogP contribution is 2.41. The van der Waals surface area contributed by atoms with E-state index in [1.807, 2.05) is 58.0 Å². The van der Waals surface area contributed by atoms with Crippen molar-refractivity contribution in [1.29, 1.82) is 0 Å². The van der Waals surface area contributed by atoms with Gasteiger partial charge in [-0.05, 0) is 49.1 Å². The summed E-state index contributed by atoms with van der Waals surface area (Å²) in [6, 6.07) is 12.9. The van der Waals surface area contributed by atoms with E-state index in [9.17, 15) is 4.79 Å². The van der Waals surface area contributed by atoms with Crippen LogP contribution >= 0.6 is 0 Å². The quantitative estimate of drug-likeness (QED) is 0.180. The number of rotatable bonds is 16. The Labute approximate surface area is 285 Å². The number of carbonyl (C=O) groups is 1. The Balaban J connectivity index is 1.55. The van der Waals surface area contributed by atoms with Crippen molar-refractivity contribution < 1.29 is 28.5 Å². The molecule has 1 aliphatic rings. The summed E-state index contributed by atoms with van der Waals surface area (Å²) in [4.78, 5) is 29.3. The first-order chi connectivity index (χ1) is 23.1. The van der Waals surface area contributed by atoms with Crippen LogP contribution in [0.4, 0.5) is 22.2 Å². The second kappa shape index (κ2) is 17.7. The van der Waals surface area contributed by atoms with E-state index in [4.69, 9.17) is 28.7 Å². The van der Waals surface area contributed by atoms with Crippen LogP contribution in [0.25, 0.3) is 0 Å². The number of nitrogens with zero attached hydrogens (tertiary/aromatic N) is 5. The predicted molar refractivity (Wildman–Crippen MR) is 188 cm³/mol. The van der Waals surface area contributed by atoms with Crippen molar-refractivity contribution in [2.24, 2.45) is 11.8 Å². The fourth-order valence-electron chi connectivity index (χ4n) is 5.75. The maximum absolute atomic E-state index is 13.8. The number of anilines is 3. The highest BCUT2D eigenvalue weighted by atomic mass is 16.6. The van der Waals surface area contributed by atoms with Crippen LogP contribution in [0, 0.1) is 11.8 Å². The lowest BCUT2D eigenvalue weighted by molar-refractivity contribution is 0.0466. The van der Waals surface area contributed by atoms with E-state index in [0.717, 1.165) is 44.7 Å². The standard InChI is InChI=1S/C36H52N6O6/c1-25(2)33(26(3)4)48-36(43)42(24-27-11-9-12-29(21-27)44-6)32-13-14-37-35(39-32)38-28-22-30(45-7)34(46-8)31(23-28)47-20-10-15-41-18-16-40(5)17-19-41/h9,11-14,21-23,25-26,33H,10,15-20,24H2,1-8H3,(H,37,38,39). The summed E-state index contributed by atoms with van der Waals surface area (Å²) in [7, 11) is 6.95. The molecular weight excluding hydrogens is 612 g/mol. The molecule has 1 aliphatic heterocycles. The molecule has 3 aromatic rings. The monoisotopic (exact) mass is 664 g/mol. The lowest BCUT2D eigenvalue weighted by atomic mass is 9.96. The molecule has 0 aliphatic carbocycles. The van der Waals surface area contributed by atoms with Crippen molar-refractivity contribution in [1.82, 2.24) is 19.8 Å². The molecule has 0 saturated carbocycles. The fourth-order valence-corrected chi connectivity index (χ4v) is 5.75. The maximum atomic E-state index is 13.8. The third-order valence-electron chi connectivity index (χ3n) is 8.34. The number of nitrogens with one attached hydrogen (secondary N) is 1. The van der Waals surface area contributed by atoms with E-state index < -0.39 is 6.09 Å². The van der Waals surface area contributed by atoms with Gasteiger partial charge in [-0.2, -0.15) is 4.98 Å². The van der Waals surface area contributed by atoms with Gasteiger partial charge in [0.2, 0.25) is 11.7 Å². The van der Waals surface area contributed by atoms with E-state index in [2.05, 4.69) is 27.1 Å². The van der Waals surface area contributed by atoms with Gasteiger partial charge >= 0.3 is 6.09 Å². The zero-order chi connectivity index (χ0) is 34.6. The summed E-state index contributed by atoms with van der Waals surface area (Å²) in [6.45, 7) is 14.2. The second-order valence-corrected chi connectivity index (χ2v) is 12.7. The molecule has 0 atom stereocenters. The highest BCUT2D eigenvalue weighted by Gasteiger charge is 2.27. The number of methoxy groups -OCH3 is 3. The number of hydrogen-bond donors (Lipinski definition) is 1. The summed E-state index contributed by atoms with van der Waals surface area (Å²) in [5.74, 6) is 3.20. The molecule has 0 radical (unpaired) electrons. The molecule has 262 valence electrons. The molecule has 1 saturated heterocycles. The number of likely N-dealkylation sites (N-methyl/N-ethyl adjacent to an activating group) is 1. The number of piperazine rings is 1. The van der Waals surface area contributed by atoms with Gasteiger partial charge in [0.25, 0.3) is 0 Å². The molecule has 1 amide bonds. The Bertz CT molecular complexity index is 1450. The van der Waals surface area contributed by atoms with Gasteiger partial charge in [0, 0.05) is 56.7 Å². The van der Waals surface area contributed by atoms with Crippen LogP contribution < -0.4 is 29.2 Å². The number of aromatic nitrogens is 2. The lowest BCUT2D eigenvalue weighted by Gasteiger charge is -2.32. The first-order valence-electron chi connectivity index (χ1n) is 16.6. The minimum atomic E-state index is -0.492. The van der Waals surface area contributed by atoms with Crippen molar-refractivity contribution >= 4 is 23.5 Å². The van der Waals surface area contributed by atoms with E-state index in [-0.39, 0.29) is 30.4 Å². The molecular formula is C36H52N6O6. The normalized spacial score (nSPS) is 13.9. The molecule has 4 rings (SSSR count). The first kappa shape index (κ1) is 36.5. The predicted octanol–water partition coefficient (Wildman–Crippen LogP) is 6.09. The Morgan fingerprint density at radius 1 is 0.938 bits per heavy atom. The molecule has 2 heterocycles. The van der Waals surface area contributed by atoms with Crippen LogP contribution in [0.5, 0.6) is 23.0 Å². The Kier molecular flexibility index (Phi) is 13.5. The molecule has 1 fully saturated rings. The third-order valence-corrected chi connectivity index (χ3v) is 8.34. The maximum Gasteiger partial charge on any atom is 0.416 e. The van der Waals surface area contributed by atoms with Crippen molar-refractivity contribution in [3.8, 4) is 23.0 Å². The molecule has 0 unspecified atom stereocenters. The van der Waals surface area contributed by atoms with E-state index >= 15 is 0 Å². The van der Waals surface area contributed by atoms with Crippen LogP contribution in [0.1, 0.15) is 39.7 Å². The summed E-state index contributed by atoms with van der Waals surface area (Å²) in [6.07, 6.45) is 1.73. The van der Waals surface area contributed by atoms with Gasteiger partial charge < -0.3 is 38.8 Å². The fraction of sp³-hybridized carbons (Fsp3) is 0.528. The number of hydrogen-bond acceptors (Lipinski definition) is 11. The van der Waals surface area contributed by atoms with Gasteiger partial charge in [0.05, 0.1) is 34.5 Å². The van der Waals surface area contributed by atoms with Crippen molar-refractivity contribution in [2.45, 2.75) is 46.8 Å². The summed E-state index contributed by atoms with van der Waals surface area (Å²) < 4.78 is 29.0. The van der Waals surface area contributed by atoms with Crippen molar-refractivity contribution in [3.05, 3.63) is 54.2 Å². The van der Waals surface area contributed by atoms with Gasteiger partial charge in [0.1, 0.15) is 17.7 Å². The van der Waals surface area contributed by atoms with Crippen LogP contribution in [-0.2, 0) is 11.3 Å². The Morgan fingerprint density at radius 2 is 1.67 bits per heavy atom. The molecule has 1 aromatic heterocycles. The van der Waals surface area contributed by atoms with Crippen LogP contribution in [0.3, 0.4) is 0 Å². The van der Waals surface area contributed by atoms with Gasteiger partial charge in [-0.15, -0.1) is 0 Å². The average Bonchev–Trinajstić information content (AvgIpc) is 3.08. The first-order valence-corrected chi connectivity index (χ1v) is 16.6. The minimum absolute atomic E-state index is 0.142. The van der Waals surface area contributed by atoms with Gasteiger partial charge in [0.15, 0.2) is 11.5 Å². The zero-order valence-electron chi connectivity index (χ0n) is 29.7. The topological polar surface area (TPSA) is 111 Å². The Hall–Kier alpha value is -4.29. The van der Waals surface area contributed by atoms with E-state index in [1.165, 1.54) is 4.90 Å². The van der Waals surface area contributed by atoms with E-state index in [1.54, 1.807) is 39.7 Å². The number of amides is 1. The minimum Gasteiger partial charge on any atom is -0.497 e. The third kappa shape index (κ3) is 10.1. The number of ether oxygens (including phenoxy) is 5. The number of carbonyl (C=O) groups excluding carboxylic acids is 1. The molecule has 0 spiro atoms. The Morgan fingerprint density at radius 3 is 2.33 bits per heavy atom.